The molecule has 0 aromatic heterocycles. The molecule has 4 nitrogen and oxygen atoms in total. The van der Waals surface area contributed by atoms with Gasteiger partial charge in [-0.05, 0) is 79.6 Å². The summed E-state index contributed by atoms with van der Waals surface area (Å²) in [4.78, 5) is 41.4. The molecule has 6 heteroatoms. The molecular formula is C25H21BrClNO3. The third-order valence-electron chi connectivity index (χ3n) is 6.85. The maximum Gasteiger partial charge on any atom is 0.238 e. The van der Waals surface area contributed by atoms with Crippen LogP contribution in [0.1, 0.15) is 36.0 Å². The minimum absolute atomic E-state index is 0.0314. The molecule has 0 radical (unpaired) electrons. The van der Waals surface area contributed by atoms with Crippen molar-refractivity contribution in [3.63, 3.8) is 0 Å². The second-order valence-electron chi connectivity index (χ2n) is 8.58. The molecule has 1 heterocycles. The van der Waals surface area contributed by atoms with Crippen molar-refractivity contribution in [3.8, 4) is 0 Å². The maximum absolute atomic E-state index is 13.5. The standard InChI is InChI=1S/C25H21BrClNO3/c26-17-6-10-19(11-7-17)28-24(30)22-16(13-21(29)14-4-8-18(27)9-5-14)12-15-2-1-3-20(15)23(22)25(28)31/h4-12,16,20,22-23H,1-3,13H2/t16-,20-,22?,23?/m1/s1. The molecule has 0 bridgehead atoms. The van der Waals surface area contributed by atoms with Crippen LogP contribution in [-0.4, -0.2) is 17.6 Å². The molecule has 0 spiro atoms. The SMILES string of the molecule is O=C(C[C@H]1C=C2CCC[C@H]2C2C(=O)N(c3ccc(Br)cc3)C(=O)C21)c1ccc(Cl)cc1. The number of benzene rings is 2. The van der Waals surface area contributed by atoms with Crippen molar-refractivity contribution < 1.29 is 14.4 Å². The van der Waals surface area contributed by atoms with Crippen molar-refractivity contribution in [2.75, 3.05) is 4.90 Å². The van der Waals surface area contributed by atoms with Gasteiger partial charge in [0.25, 0.3) is 0 Å². The van der Waals surface area contributed by atoms with E-state index in [0.29, 0.717) is 16.3 Å². The fourth-order valence-corrected chi connectivity index (χ4v) is 5.87. The van der Waals surface area contributed by atoms with E-state index in [1.807, 2.05) is 12.1 Å². The van der Waals surface area contributed by atoms with Crippen molar-refractivity contribution >= 4 is 50.8 Å². The molecular weight excluding hydrogens is 478 g/mol. The quantitative estimate of drug-likeness (QED) is 0.302. The zero-order chi connectivity index (χ0) is 21.7. The second kappa shape index (κ2) is 8.03. The largest absolute Gasteiger partial charge is 0.294 e. The fraction of sp³-hybridized carbons (Fsp3) is 0.320. The number of fused-ring (bicyclic) bond motifs is 3. The Labute approximate surface area is 194 Å². The summed E-state index contributed by atoms with van der Waals surface area (Å²) in [6, 6.07) is 14.1. The third kappa shape index (κ3) is 3.58. The number of nitrogens with zero attached hydrogens (tertiary/aromatic N) is 1. The Morgan fingerprint density at radius 1 is 1.00 bits per heavy atom. The van der Waals surface area contributed by atoms with E-state index in [9.17, 15) is 14.4 Å². The van der Waals surface area contributed by atoms with Gasteiger partial charge in [-0.1, -0.05) is 39.2 Å². The van der Waals surface area contributed by atoms with E-state index in [2.05, 4.69) is 22.0 Å². The Hall–Kier alpha value is -2.24. The van der Waals surface area contributed by atoms with Gasteiger partial charge in [-0.2, -0.15) is 0 Å². The zero-order valence-corrected chi connectivity index (χ0v) is 19.1. The van der Waals surface area contributed by atoms with Gasteiger partial charge in [0.05, 0.1) is 17.5 Å². The van der Waals surface area contributed by atoms with Crippen LogP contribution in [0.15, 0.2) is 64.7 Å². The zero-order valence-electron chi connectivity index (χ0n) is 16.8. The molecule has 1 aliphatic heterocycles. The molecule has 3 aliphatic rings. The third-order valence-corrected chi connectivity index (χ3v) is 7.63. The lowest BCUT2D eigenvalue weighted by Gasteiger charge is -2.33. The Balaban J connectivity index is 1.49. The molecule has 2 fully saturated rings. The second-order valence-corrected chi connectivity index (χ2v) is 9.93. The van der Waals surface area contributed by atoms with Crippen molar-refractivity contribution in [1.82, 2.24) is 0 Å². The van der Waals surface area contributed by atoms with Gasteiger partial charge in [0.1, 0.15) is 0 Å². The van der Waals surface area contributed by atoms with Gasteiger partial charge in [0, 0.05) is 21.5 Å². The van der Waals surface area contributed by atoms with Crippen LogP contribution in [0.2, 0.25) is 5.02 Å². The van der Waals surface area contributed by atoms with Crippen LogP contribution in [0.5, 0.6) is 0 Å². The molecule has 2 unspecified atom stereocenters. The fourth-order valence-electron chi connectivity index (χ4n) is 5.48. The first kappa shape index (κ1) is 20.7. The van der Waals surface area contributed by atoms with Gasteiger partial charge in [-0.15, -0.1) is 0 Å². The molecule has 1 saturated heterocycles. The monoisotopic (exact) mass is 497 g/mol. The molecule has 5 rings (SSSR count). The van der Waals surface area contributed by atoms with E-state index < -0.39 is 5.92 Å². The number of carbonyl (C=O) groups excluding carboxylic acids is 3. The molecule has 2 aromatic rings. The van der Waals surface area contributed by atoms with Gasteiger partial charge < -0.3 is 0 Å². The average Bonchev–Trinajstić information content (AvgIpc) is 3.32. The summed E-state index contributed by atoms with van der Waals surface area (Å²) in [6.45, 7) is 0. The van der Waals surface area contributed by atoms with Crippen molar-refractivity contribution in [2.45, 2.75) is 25.7 Å². The van der Waals surface area contributed by atoms with Crippen LogP contribution < -0.4 is 4.90 Å². The topological polar surface area (TPSA) is 54.5 Å². The lowest BCUT2D eigenvalue weighted by molar-refractivity contribution is -0.122. The van der Waals surface area contributed by atoms with Gasteiger partial charge in [-0.3, -0.25) is 19.3 Å². The highest BCUT2D eigenvalue weighted by atomic mass is 79.9. The number of hydrogen-bond donors (Lipinski definition) is 0. The summed E-state index contributed by atoms with van der Waals surface area (Å²) in [5, 5.41) is 0.576. The van der Waals surface area contributed by atoms with E-state index >= 15 is 0 Å². The molecule has 1 saturated carbocycles. The summed E-state index contributed by atoms with van der Waals surface area (Å²) in [5.74, 6) is -1.36. The molecule has 4 atom stereocenters. The normalized spacial score (nSPS) is 27.2. The molecule has 31 heavy (non-hydrogen) atoms. The highest BCUT2D eigenvalue weighted by molar-refractivity contribution is 9.10. The first-order valence-corrected chi connectivity index (χ1v) is 11.7. The highest BCUT2D eigenvalue weighted by Crippen LogP contribution is 2.52. The van der Waals surface area contributed by atoms with Crippen LogP contribution in [0, 0.1) is 23.7 Å². The van der Waals surface area contributed by atoms with E-state index in [1.165, 1.54) is 10.5 Å². The number of allylic oxidation sites excluding steroid dienone is 2. The predicted molar refractivity (Wildman–Crippen MR) is 123 cm³/mol. The highest BCUT2D eigenvalue weighted by Gasteiger charge is 2.57. The van der Waals surface area contributed by atoms with Crippen molar-refractivity contribution in [3.05, 3.63) is 75.2 Å². The van der Waals surface area contributed by atoms with Gasteiger partial charge in [-0.25, -0.2) is 0 Å². The number of anilines is 1. The Morgan fingerprint density at radius 2 is 1.68 bits per heavy atom. The van der Waals surface area contributed by atoms with Gasteiger partial charge in [0.15, 0.2) is 5.78 Å². The Morgan fingerprint density at radius 3 is 2.39 bits per heavy atom. The Bertz CT molecular complexity index is 1090. The van der Waals surface area contributed by atoms with Gasteiger partial charge in [0.2, 0.25) is 11.8 Å². The molecule has 2 amide bonds. The lowest BCUT2D eigenvalue weighted by atomic mass is 9.67. The number of halogens is 2. The lowest BCUT2D eigenvalue weighted by Crippen LogP contribution is -2.35. The predicted octanol–water partition coefficient (Wildman–Crippen LogP) is 5.84. The number of amides is 2. The summed E-state index contributed by atoms with van der Waals surface area (Å²) < 4.78 is 0.888. The number of rotatable bonds is 4. The minimum atomic E-state index is -0.487. The van der Waals surface area contributed by atoms with Gasteiger partial charge >= 0.3 is 0 Å². The van der Waals surface area contributed by atoms with Crippen LogP contribution in [0.25, 0.3) is 0 Å². The van der Waals surface area contributed by atoms with Crippen LogP contribution >= 0.6 is 27.5 Å². The first-order valence-electron chi connectivity index (χ1n) is 10.6. The molecule has 0 N–H and O–H groups in total. The van der Waals surface area contributed by atoms with Crippen LogP contribution in [0.3, 0.4) is 0 Å². The van der Waals surface area contributed by atoms with Crippen molar-refractivity contribution in [2.24, 2.45) is 23.7 Å². The van der Waals surface area contributed by atoms with E-state index in [0.717, 1.165) is 23.7 Å². The molecule has 2 aliphatic carbocycles. The number of hydrogen-bond acceptors (Lipinski definition) is 3. The summed E-state index contributed by atoms with van der Waals surface area (Å²) >= 11 is 9.35. The maximum atomic E-state index is 13.5. The summed E-state index contributed by atoms with van der Waals surface area (Å²) in [6.07, 6.45) is 5.24. The number of carbonyl (C=O) groups is 3. The van der Waals surface area contributed by atoms with E-state index in [4.69, 9.17) is 11.6 Å². The number of imide groups is 1. The number of Topliss-reactive ketones (excluding diaryl/α,β-unsaturated/α-hetero) is 1. The first-order chi connectivity index (χ1) is 14.9. The molecule has 2 aromatic carbocycles. The Kier molecular flexibility index (Phi) is 5.35. The van der Waals surface area contributed by atoms with Crippen LogP contribution in [0.4, 0.5) is 5.69 Å². The van der Waals surface area contributed by atoms with E-state index in [-0.39, 0.29) is 41.8 Å². The van der Waals surface area contributed by atoms with Crippen LogP contribution in [-0.2, 0) is 9.59 Å². The minimum Gasteiger partial charge on any atom is -0.294 e. The van der Waals surface area contributed by atoms with Crippen molar-refractivity contribution in [1.29, 1.82) is 0 Å². The number of ketones is 1. The summed E-state index contributed by atoms with van der Waals surface area (Å²) in [5.41, 5.74) is 2.42. The summed E-state index contributed by atoms with van der Waals surface area (Å²) in [7, 11) is 0. The molecule has 158 valence electrons. The average molecular weight is 499 g/mol. The van der Waals surface area contributed by atoms with E-state index in [1.54, 1.807) is 36.4 Å². The smallest absolute Gasteiger partial charge is 0.238 e.